The molecule has 0 aliphatic carbocycles. The van der Waals surface area contributed by atoms with Crippen LogP contribution in [0.15, 0.2) is 137 Å². The number of fused-ring (bicyclic) bond motifs is 1. The van der Waals surface area contributed by atoms with E-state index in [1.165, 1.54) is 35.2 Å². The number of unbranched alkanes of at least 4 members (excludes halogenated alkanes) is 3. The number of anilines is 3. The van der Waals surface area contributed by atoms with Crippen LogP contribution in [0, 0.1) is 13.8 Å². The van der Waals surface area contributed by atoms with Gasteiger partial charge in [-0.1, -0.05) is 81.3 Å². The Hall–Kier alpha value is -9.25. The van der Waals surface area contributed by atoms with Crippen molar-refractivity contribution in [1.82, 2.24) is 44.0 Å². The molecule has 3 amide bonds. The largest absolute Gasteiger partial charge is 0.494 e. The summed E-state index contributed by atoms with van der Waals surface area (Å²) in [6.07, 6.45) is 4.79. The molecule has 1 unspecified atom stereocenters. The molecule has 9 rings (SSSR count). The molecule has 3 heterocycles. The van der Waals surface area contributed by atoms with E-state index in [-0.39, 0.29) is 58.9 Å². The maximum absolute atomic E-state index is 13.8. The van der Waals surface area contributed by atoms with E-state index in [4.69, 9.17) is 14.5 Å². The molecule has 1 aliphatic heterocycles. The standard InChI is InChI=1S/C68H79N11O10S/c1-44-17-18-48(56(40-62(81)82)49-38-58-63(60(39-49)88-9)77(8)74-73-58)37-50(44)41-76(7)90(86,87)54-29-27-53(28-30-54)89-36-13-11-10-12-31-69-61(80)43-78-32-34-79(35-33-78)66(84)47-21-25-52(26-22-47)70-64-67(85)75(6)42-59(71-64)55-15-14-16-57(45(55)2)72-65(83)46-19-23-51(24-20-46)68(3,4)5/h14-30,37-39,42,56H,10-13,31-36,40-41,43H2,1-9H3,(H,69,80)(H,70,71)(H,72,83)(H,81,82). The first-order chi connectivity index (χ1) is 43.0. The SMILES string of the molecule is COc1cc(C(CC(=O)O)c2ccc(C)c(CN(C)S(=O)(=O)c3ccc(OCCCCCCNC(=O)CN4CCN(C(=O)c5ccc(Nc6nc(-c7cccc(NC(=O)c8ccc(C(C)(C)C)cc8)c7C)cn(C)c6=O)cc5)CC4)cc3)c2)cc2nnn(C)c12. The maximum atomic E-state index is 13.8. The van der Waals surface area contributed by atoms with E-state index >= 15 is 0 Å². The van der Waals surface area contributed by atoms with Crippen molar-refractivity contribution in [3.63, 3.8) is 0 Å². The van der Waals surface area contributed by atoms with Crippen LogP contribution in [0.1, 0.15) is 113 Å². The molecule has 2 aromatic heterocycles. The van der Waals surface area contributed by atoms with Crippen molar-refractivity contribution in [2.24, 2.45) is 14.1 Å². The summed E-state index contributed by atoms with van der Waals surface area (Å²) < 4.78 is 43.5. The van der Waals surface area contributed by atoms with Crippen molar-refractivity contribution in [2.45, 2.75) is 89.5 Å². The lowest BCUT2D eigenvalue weighted by Crippen LogP contribution is -2.51. The molecule has 6 aromatic carbocycles. The van der Waals surface area contributed by atoms with Gasteiger partial charge in [0, 0.05) is 101 Å². The molecular formula is C68H79N11O10S. The van der Waals surface area contributed by atoms with Crippen molar-refractivity contribution in [3.8, 4) is 22.8 Å². The first-order valence-corrected chi connectivity index (χ1v) is 31.5. The fraction of sp³-hybridized carbons (Fsp3) is 0.353. The van der Waals surface area contributed by atoms with Crippen LogP contribution in [0.3, 0.4) is 0 Å². The lowest BCUT2D eigenvalue weighted by Gasteiger charge is -2.34. The Bertz CT molecular complexity index is 4080. The highest BCUT2D eigenvalue weighted by Gasteiger charge is 2.27. The molecule has 4 N–H and O–H groups in total. The first-order valence-electron chi connectivity index (χ1n) is 30.1. The quantitative estimate of drug-likeness (QED) is 0.0389. The third kappa shape index (κ3) is 15.8. The Morgan fingerprint density at radius 2 is 1.51 bits per heavy atom. The number of sulfonamides is 1. The molecule has 1 saturated heterocycles. The number of ether oxygens (including phenoxy) is 2. The lowest BCUT2D eigenvalue weighted by atomic mass is 9.86. The number of methoxy groups -OCH3 is 1. The Labute approximate surface area is 525 Å². The molecule has 22 heteroatoms. The van der Waals surface area contributed by atoms with Crippen LogP contribution in [-0.4, -0.2) is 136 Å². The summed E-state index contributed by atoms with van der Waals surface area (Å²) in [4.78, 5) is 73.9. The summed E-state index contributed by atoms with van der Waals surface area (Å²) in [7, 11) is 2.55. The minimum atomic E-state index is -3.91. The molecule has 21 nitrogen and oxygen atoms in total. The Kier molecular flexibility index (Phi) is 20.6. The molecular weight excluding hydrogens is 1160 g/mol. The number of carbonyl (C=O) groups excluding carboxylic acids is 3. The number of amides is 3. The Morgan fingerprint density at radius 1 is 0.811 bits per heavy atom. The van der Waals surface area contributed by atoms with E-state index in [2.05, 4.69) is 47.0 Å². The predicted molar refractivity (Wildman–Crippen MR) is 347 cm³/mol. The molecule has 472 valence electrons. The van der Waals surface area contributed by atoms with Gasteiger partial charge in [-0.25, -0.2) is 18.1 Å². The summed E-state index contributed by atoms with van der Waals surface area (Å²) in [6, 6.07) is 35.6. The highest BCUT2D eigenvalue weighted by atomic mass is 32.2. The number of nitrogens with zero attached hydrogens (tertiary/aromatic N) is 8. The number of aliphatic carboxylic acids is 1. The number of aryl methyl sites for hydroxylation is 3. The minimum absolute atomic E-state index is 0.0343. The van der Waals surface area contributed by atoms with Crippen molar-refractivity contribution in [2.75, 3.05) is 70.7 Å². The Balaban J connectivity index is 0.666. The van der Waals surface area contributed by atoms with E-state index in [1.54, 1.807) is 72.3 Å². The van der Waals surface area contributed by atoms with E-state index in [0.29, 0.717) is 101 Å². The molecule has 1 atom stereocenters. The lowest BCUT2D eigenvalue weighted by molar-refractivity contribution is -0.137. The average molecular weight is 1240 g/mol. The van der Waals surface area contributed by atoms with Gasteiger partial charge in [0.25, 0.3) is 17.4 Å². The number of benzene rings is 6. The third-order valence-electron chi connectivity index (χ3n) is 16.4. The summed E-state index contributed by atoms with van der Waals surface area (Å²) in [5.74, 6) is -0.822. The first kappa shape index (κ1) is 65.2. The number of nitrogens with one attached hydrogen (secondary N) is 3. The highest BCUT2D eigenvalue weighted by Crippen LogP contribution is 2.36. The van der Waals surface area contributed by atoms with E-state index < -0.39 is 21.9 Å². The molecule has 0 saturated carbocycles. The zero-order valence-electron chi connectivity index (χ0n) is 52.5. The van der Waals surface area contributed by atoms with E-state index in [1.807, 2.05) is 85.5 Å². The monoisotopic (exact) mass is 1240 g/mol. The van der Waals surface area contributed by atoms with Crippen LogP contribution in [-0.2, 0) is 45.7 Å². The van der Waals surface area contributed by atoms with Crippen LogP contribution in [0.2, 0.25) is 0 Å². The topological polar surface area (TPSA) is 253 Å². The average Bonchev–Trinajstić information content (AvgIpc) is 1.64. The fourth-order valence-corrected chi connectivity index (χ4v) is 12.1. The summed E-state index contributed by atoms with van der Waals surface area (Å²) in [6.45, 7) is 13.5. The second-order valence-electron chi connectivity index (χ2n) is 23.9. The molecule has 1 aliphatic rings. The summed E-state index contributed by atoms with van der Waals surface area (Å²) in [5, 5.41) is 27.5. The number of carbonyl (C=O) groups is 4. The van der Waals surface area contributed by atoms with Gasteiger partial charge in [-0.3, -0.25) is 28.9 Å². The van der Waals surface area contributed by atoms with E-state index in [9.17, 15) is 37.5 Å². The smallest absolute Gasteiger partial charge is 0.304 e. The van der Waals surface area contributed by atoms with Crippen LogP contribution < -0.4 is 31.0 Å². The van der Waals surface area contributed by atoms with Gasteiger partial charge in [0.05, 0.1) is 37.3 Å². The number of aromatic nitrogens is 5. The fourth-order valence-electron chi connectivity index (χ4n) is 11.0. The molecule has 8 aromatic rings. The maximum Gasteiger partial charge on any atom is 0.304 e. The number of carboxylic acids is 1. The van der Waals surface area contributed by atoms with Crippen LogP contribution in [0.25, 0.3) is 22.3 Å². The van der Waals surface area contributed by atoms with Gasteiger partial charge in [-0.2, -0.15) is 4.31 Å². The van der Waals surface area contributed by atoms with E-state index in [0.717, 1.165) is 53.5 Å². The summed E-state index contributed by atoms with van der Waals surface area (Å²) >= 11 is 0. The second kappa shape index (κ2) is 28.5. The van der Waals surface area contributed by atoms with Crippen LogP contribution >= 0.6 is 0 Å². The van der Waals surface area contributed by atoms with Gasteiger partial charge in [-0.15, -0.1) is 5.10 Å². The minimum Gasteiger partial charge on any atom is -0.494 e. The van der Waals surface area contributed by atoms with Crippen molar-refractivity contribution < 1.29 is 42.2 Å². The third-order valence-corrected chi connectivity index (χ3v) is 18.2. The number of hydrogen-bond donors (Lipinski definition) is 4. The normalized spacial score (nSPS) is 13.3. The van der Waals surface area contributed by atoms with Crippen LogP contribution in [0.4, 0.5) is 17.2 Å². The number of hydrogen-bond acceptors (Lipinski definition) is 14. The zero-order chi connectivity index (χ0) is 64.4. The molecule has 0 radical (unpaired) electrons. The Morgan fingerprint density at radius 3 is 2.20 bits per heavy atom. The number of rotatable bonds is 25. The van der Waals surface area contributed by atoms with Crippen LogP contribution in [0.5, 0.6) is 11.5 Å². The highest BCUT2D eigenvalue weighted by molar-refractivity contribution is 7.89. The predicted octanol–water partition coefficient (Wildman–Crippen LogP) is 9.59. The van der Waals surface area contributed by atoms with Gasteiger partial charge < -0.3 is 40.0 Å². The zero-order valence-corrected chi connectivity index (χ0v) is 53.3. The van der Waals surface area contributed by atoms with Gasteiger partial charge in [0.2, 0.25) is 15.9 Å². The van der Waals surface area contributed by atoms with Crippen molar-refractivity contribution in [3.05, 3.63) is 182 Å². The van der Waals surface area contributed by atoms with Crippen molar-refractivity contribution in [1.29, 1.82) is 0 Å². The summed E-state index contributed by atoms with van der Waals surface area (Å²) in [5.41, 5.74) is 9.31. The number of carboxylic acid groups (broad SMARTS) is 1. The number of piperazine rings is 1. The molecule has 1 fully saturated rings. The van der Waals surface area contributed by atoms with Gasteiger partial charge in [0.15, 0.2) is 5.82 Å². The second-order valence-corrected chi connectivity index (χ2v) is 26.0. The van der Waals surface area contributed by atoms with Gasteiger partial charge in [0.1, 0.15) is 22.5 Å². The van der Waals surface area contributed by atoms with Gasteiger partial charge in [-0.05, 0) is 144 Å². The molecule has 0 bridgehead atoms. The van der Waals surface area contributed by atoms with Crippen molar-refractivity contribution >= 4 is 61.9 Å². The van der Waals surface area contributed by atoms with Gasteiger partial charge >= 0.3 is 5.97 Å². The molecule has 0 spiro atoms. The molecule has 90 heavy (non-hydrogen) atoms.